The molecule has 1 aromatic heterocycles. The van der Waals surface area contributed by atoms with Gasteiger partial charge in [-0.2, -0.15) is 0 Å². The first kappa shape index (κ1) is 11.9. The SMILES string of the molecule is CCOc1ccc(SCc2ccccc2)nn1. The fraction of sp³-hybridized carbons (Fsp3) is 0.231. The molecular formula is C13H14N2OS. The Kier molecular flexibility index (Phi) is 4.38. The molecule has 1 heterocycles. The molecule has 0 bridgehead atoms. The summed E-state index contributed by atoms with van der Waals surface area (Å²) >= 11 is 1.67. The van der Waals surface area contributed by atoms with Crippen LogP contribution in [0.5, 0.6) is 5.88 Å². The summed E-state index contributed by atoms with van der Waals surface area (Å²) in [5, 5.41) is 9.00. The van der Waals surface area contributed by atoms with Gasteiger partial charge < -0.3 is 4.74 Å². The largest absolute Gasteiger partial charge is 0.477 e. The van der Waals surface area contributed by atoms with Gasteiger partial charge in [-0.25, -0.2) is 0 Å². The van der Waals surface area contributed by atoms with E-state index >= 15 is 0 Å². The maximum absolute atomic E-state index is 5.24. The van der Waals surface area contributed by atoms with E-state index in [0.29, 0.717) is 12.5 Å². The lowest BCUT2D eigenvalue weighted by atomic mass is 10.2. The van der Waals surface area contributed by atoms with Gasteiger partial charge in [-0.15, -0.1) is 10.2 Å². The van der Waals surface area contributed by atoms with Crippen molar-refractivity contribution in [3.05, 3.63) is 48.0 Å². The van der Waals surface area contributed by atoms with E-state index in [2.05, 4.69) is 22.3 Å². The Balaban J connectivity index is 1.91. The van der Waals surface area contributed by atoms with Crippen LogP contribution in [0.1, 0.15) is 12.5 Å². The third-order valence-electron chi connectivity index (χ3n) is 2.14. The van der Waals surface area contributed by atoms with Gasteiger partial charge in [-0.05, 0) is 18.6 Å². The Morgan fingerprint density at radius 1 is 1.06 bits per heavy atom. The summed E-state index contributed by atoms with van der Waals surface area (Å²) in [7, 11) is 0. The smallest absolute Gasteiger partial charge is 0.233 e. The van der Waals surface area contributed by atoms with Crippen LogP contribution in [0.25, 0.3) is 0 Å². The molecule has 3 nitrogen and oxygen atoms in total. The standard InChI is InChI=1S/C13H14N2OS/c1-2-16-12-8-9-13(15-14-12)17-10-11-6-4-3-5-7-11/h3-9H,2,10H2,1H3. The summed E-state index contributed by atoms with van der Waals surface area (Å²) in [6.07, 6.45) is 0. The number of rotatable bonds is 5. The van der Waals surface area contributed by atoms with Crippen LogP contribution in [0.2, 0.25) is 0 Å². The third kappa shape index (κ3) is 3.75. The zero-order valence-corrected chi connectivity index (χ0v) is 10.5. The zero-order chi connectivity index (χ0) is 11.9. The Morgan fingerprint density at radius 3 is 2.53 bits per heavy atom. The second-order valence-corrected chi connectivity index (χ2v) is 4.41. The molecule has 0 fully saturated rings. The molecule has 0 aliphatic carbocycles. The topological polar surface area (TPSA) is 35.0 Å². The number of benzene rings is 1. The van der Waals surface area contributed by atoms with E-state index in [0.717, 1.165) is 10.8 Å². The average molecular weight is 246 g/mol. The lowest BCUT2D eigenvalue weighted by Gasteiger charge is -2.02. The second-order valence-electron chi connectivity index (χ2n) is 3.42. The van der Waals surface area contributed by atoms with Crippen molar-refractivity contribution < 1.29 is 4.74 Å². The molecule has 2 aromatic rings. The maximum Gasteiger partial charge on any atom is 0.233 e. The van der Waals surface area contributed by atoms with E-state index in [1.807, 2.05) is 37.3 Å². The molecule has 17 heavy (non-hydrogen) atoms. The normalized spacial score (nSPS) is 10.2. The first-order valence-corrected chi connectivity index (χ1v) is 6.50. The van der Waals surface area contributed by atoms with E-state index in [9.17, 15) is 0 Å². The van der Waals surface area contributed by atoms with Crippen LogP contribution in [0.4, 0.5) is 0 Å². The number of hydrogen-bond donors (Lipinski definition) is 0. The van der Waals surface area contributed by atoms with Crippen LogP contribution in [-0.2, 0) is 5.75 Å². The highest BCUT2D eigenvalue weighted by atomic mass is 32.2. The highest BCUT2D eigenvalue weighted by Crippen LogP contribution is 2.20. The predicted molar refractivity (Wildman–Crippen MR) is 69.2 cm³/mol. The van der Waals surface area contributed by atoms with Gasteiger partial charge in [0.05, 0.1) is 6.61 Å². The van der Waals surface area contributed by atoms with Crippen LogP contribution < -0.4 is 4.74 Å². The van der Waals surface area contributed by atoms with Gasteiger partial charge in [0, 0.05) is 11.8 Å². The van der Waals surface area contributed by atoms with Gasteiger partial charge in [0.25, 0.3) is 0 Å². The van der Waals surface area contributed by atoms with E-state index in [4.69, 9.17) is 4.74 Å². The van der Waals surface area contributed by atoms with Gasteiger partial charge in [-0.1, -0.05) is 42.1 Å². The number of nitrogens with zero attached hydrogens (tertiary/aromatic N) is 2. The lowest BCUT2D eigenvalue weighted by molar-refractivity contribution is 0.321. The van der Waals surface area contributed by atoms with Crippen molar-refractivity contribution in [3.63, 3.8) is 0 Å². The van der Waals surface area contributed by atoms with Gasteiger partial charge in [0.1, 0.15) is 5.03 Å². The number of ether oxygens (including phenoxy) is 1. The number of thioether (sulfide) groups is 1. The molecule has 0 aliphatic rings. The second kappa shape index (κ2) is 6.25. The highest BCUT2D eigenvalue weighted by molar-refractivity contribution is 7.98. The van der Waals surface area contributed by atoms with Gasteiger partial charge >= 0.3 is 0 Å². The molecule has 0 aliphatic heterocycles. The molecular weight excluding hydrogens is 232 g/mol. The summed E-state index contributed by atoms with van der Waals surface area (Å²) in [5.41, 5.74) is 1.29. The molecule has 0 spiro atoms. The first-order chi connectivity index (χ1) is 8.38. The minimum absolute atomic E-state index is 0.580. The van der Waals surface area contributed by atoms with E-state index in [1.54, 1.807) is 11.8 Å². The summed E-state index contributed by atoms with van der Waals surface area (Å²) in [4.78, 5) is 0. The Morgan fingerprint density at radius 2 is 1.88 bits per heavy atom. The van der Waals surface area contributed by atoms with Crippen LogP contribution in [-0.4, -0.2) is 16.8 Å². The molecule has 2 rings (SSSR count). The number of aromatic nitrogens is 2. The van der Waals surface area contributed by atoms with Crippen molar-refractivity contribution in [2.45, 2.75) is 17.7 Å². The zero-order valence-electron chi connectivity index (χ0n) is 9.67. The molecule has 4 heteroatoms. The van der Waals surface area contributed by atoms with Crippen molar-refractivity contribution in [3.8, 4) is 5.88 Å². The van der Waals surface area contributed by atoms with Crippen LogP contribution in [0.15, 0.2) is 47.5 Å². The Labute approximate surface area is 105 Å². The quantitative estimate of drug-likeness (QED) is 0.759. The fourth-order valence-corrected chi connectivity index (χ4v) is 2.11. The van der Waals surface area contributed by atoms with Crippen molar-refractivity contribution >= 4 is 11.8 Å². The van der Waals surface area contributed by atoms with E-state index < -0.39 is 0 Å². The van der Waals surface area contributed by atoms with Crippen LogP contribution in [0, 0.1) is 0 Å². The monoisotopic (exact) mass is 246 g/mol. The van der Waals surface area contributed by atoms with E-state index in [1.165, 1.54) is 5.56 Å². The maximum atomic E-state index is 5.24. The Hall–Kier alpha value is -1.55. The van der Waals surface area contributed by atoms with Crippen molar-refractivity contribution in [1.82, 2.24) is 10.2 Å². The predicted octanol–water partition coefficient (Wildman–Crippen LogP) is 3.17. The minimum atomic E-state index is 0.580. The molecule has 88 valence electrons. The molecule has 0 atom stereocenters. The summed E-state index contributed by atoms with van der Waals surface area (Å²) in [6.45, 7) is 2.55. The molecule has 1 aromatic carbocycles. The van der Waals surface area contributed by atoms with Gasteiger partial charge in [0.15, 0.2) is 0 Å². The minimum Gasteiger partial charge on any atom is -0.477 e. The van der Waals surface area contributed by atoms with Crippen molar-refractivity contribution in [1.29, 1.82) is 0 Å². The molecule has 0 unspecified atom stereocenters. The highest BCUT2D eigenvalue weighted by Gasteiger charge is 1.99. The summed E-state index contributed by atoms with van der Waals surface area (Å²) in [5.74, 6) is 1.49. The van der Waals surface area contributed by atoms with Crippen LogP contribution >= 0.6 is 11.8 Å². The molecule has 0 amide bonds. The Bertz CT molecular complexity index is 445. The van der Waals surface area contributed by atoms with E-state index in [-0.39, 0.29) is 0 Å². The average Bonchev–Trinajstić information content (AvgIpc) is 2.40. The lowest BCUT2D eigenvalue weighted by Crippen LogP contribution is -1.96. The third-order valence-corrected chi connectivity index (χ3v) is 3.13. The van der Waals surface area contributed by atoms with Gasteiger partial charge in [-0.3, -0.25) is 0 Å². The molecule has 0 N–H and O–H groups in total. The summed E-state index contributed by atoms with van der Waals surface area (Å²) < 4.78 is 5.24. The molecule has 0 radical (unpaired) electrons. The van der Waals surface area contributed by atoms with Crippen molar-refractivity contribution in [2.24, 2.45) is 0 Å². The van der Waals surface area contributed by atoms with Gasteiger partial charge in [0.2, 0.25) is 5.88 Å². The molecule has 0 saturated heterocycles. The van der Waals surface area contributed by atoms with Crippen molar-refractivity contribution in [2.75, 3.05) is 6.61 Å². The first-order valence-electron chi connectivity index (χ1n) is 5.51. The fourth-order valence-electron chi connectivity index (χ4n) is 1.34. The molecule has 0 saturated carbocycles. The number of hydrogen-bond acceptors (Lipinski definition) is 4. The summed E-state index contributed by atoms with van der Waals surface area (Å²) in [6, 6.07) is 14.1. The van der Waals surface area contributed by atoms with Crippen LogP contribution in [0.3, 0.4) is 0 Å².